The highest BCUT2D eigenvalue weighted by Gasteiger charge is 2.15. The lowest BCUT2D eigenvalue weighted by atomic mass is 10.2. The summed E-state index contributed by atoms with van der Waals surface area (Å²) in [6.45, 7) is 2.21. The van der Waals surface area contributed by atoms with Gasteiger partial charge >= 0.3 is 0 Å². The maximum atomic E-state index is 12.3. The average molecular weight is 348 g/mol. The Bertz CT molecular complexity index is 940. The highest BCUT2D eigenvalue weighted by Crippen LogP contribution is 2.34. The first-order valence-electron chi connectivity index (χ1n) is 8.04. The predicted octanol–water partition coefficient (Wildman–Crippen LogP) is 3.51. The molecule has 2 aromatic carbocycles. The number of carbonyl (C=O) groups is 1. The molecule has 3 aromatic rings. The first-order valence-corrected chi connectivity index (χ1v) is 8.04. The number of hydrogen-bond donors (Lipinski definition) is 2. The van der Waals surface area contributed by atoms with Crippen molar-refractivity contribution in [3.8, 4) is 11.5 Å². The summed E-state index contributed by atoms with van der Waals surface area (Å²) in [4.78, 5) is 20.7. The van der Waals surface area contributed by atoms with E-state index < -0.39 is 0 Å². The zero-order chi connectivity index (χ0) is 17.9. The van der Waals surface area contributed by atoms with Crippen molar-refractivity contribution in [3.63, 3.8) is 0 Å². The second-order valence-electron chi connectivity index (χ2n) is 5.80. The number of ether oxygens (including phenoxy) is 2. The fourth-order valence-electron chi connectivity index (χ4n) is 2.46. The Hall–Kier alpha value is -3.61. The standard InChI is InChI=1S/C19H16N4O3/c1-12-2-4-13(5-3-12)22-18-10-20-15(9-21-18)19(24)23-14-6-7-16-17(8-14)26-11-25-16/h2-10H,11H2,1H3,(H,21,22)(H,23,24). The van der Waals surface area contributed by atoms with E-state index >= 15 is 0 Å². The zero-order valence-electron chi connectivity index (χ0n) is 14.0. The molecule has 0 radical (unpaired) electrons. The number of hydrogen-bond acceptors (Lipinski definition) is 6. The number of amides is 1. The zero-order valence-corrected chi connectivity index (χ0v) is 14.0. The van der Waals surface area contributed by atoms with E-state index in [1.165, 1.54) is 18.0 Å². The van der Waals surface area contributed by atoms with Crippen LogP contribution in [0.15, 0.2) is 54.9 Å². The Morgan fingerprint density at radius 2 is 1.73 bits per heavy atom. The first-order chi connectivity index (χ1) is 12.7. The fraction of sp³-hybridized carbons (Fsp3) is 0.105. The van der Waals surface area contributed by atoms with Crippen LogP contribution in [0.3, 0.4) is 0 Å². The number of fused-ring (bicyclic) bond motifs is 1. The van der Waals surface area contributed by atoms with Gasteiger partial charge in [-0.3, -0.25) is 4.79 Å². The fourth-order valence-corrected chi connectivity index (χ4v) is 2.46. The van der Waals surface area contributed by atoms with Gasteiger partial charge in [0.25, 0.3) is 5.91 Å². The number of anilines is 3. The van der Waals surface area contributed by atoms with Crippen LogP contribution in [0.2, 0.25) is 0 Å². The van der Waals surface area contributed by atoms with Crippen molar-refractivity contribution in [3.05, 3.63) is 66.1 Å². The SMILES string of the molecule is Cc1ccc(Nc2cnc(C(=O)Nc3ccc4c(c3)OCO4)cn2)cc1. The van der Waals surface area contributed by atoms with Crippen molar-refractivity contribution in [2.75, 3.05) is 17.4 Å². The van der Waals surface area contributed by atoms with Gasteiger partial charge in [-0.25, -0.2) is 9.97 Å². The Balaban J connectivity index is 1.42. The van der Waals surface area contributed by atoms with Gasteiger partial charge in [-0.2, -0.15) is 0 Å². The quantitative estimate of drug-likeness (QED) is 0.750. The number of benzene rings is 2. The minimum absolute atomic E-state index is 0.188. The molecule has 7 nitrogen and oxygen atoms in total. The monoisotopic (exact) mass is 348 g/mol. The predicted molar refractivity (Wildman–Crippen MR) is 97.0 cm³/mol. The summed E-state index contributed by atoms with van der Waals surface area (Å²) in [5, 5.41) is 5.91. The molecule has 4 rings (SSSR count). The van der Waals surface area contributed by atoms with Gasteiger partial charge in [-0.05, 0) is 31.2 Å². The third-order valence-electron chi connectivity index (χ3n) is 3.84. The number of aryl methyl sites for hydroxylation is 1. The van der Waals surface area contributed by atoms with E-state index in [2.05, 4.69) is 20.6 Å². The molecule has 0 unspecified atom stereocenters. The van der Waals surface area contributed by atoms with Crippen LogP contribution in [0.25, 0.3) is 0 Å². The largest absolute Gasteiger partial charge is 0.454 e. The van der Waals surface area contributed by atoms with E-state index in [0.717, 1.165) is 5.69 Å². The molecule has 2 heterocycles. The highest BCUT2D eigenvalue weighted by molar-refractivity contribution is 6.02. The van der Waals surface area contributed by atoms with Crippen molar-refractivity contribution in [1.82, 2.24) is 9.97 Å². The third-order valence-corrected chi connectivity index (χ3v) is 3.84. The topological polar surface area (TPSA) is 85.4 Å². The van der Waals surface area contributed by atoms with E-state index in [1.54, 1.807) is 18.2 Å². The normalized spacial score (nSPS) is 11.9. The molecule has 1 aromatic heterocycles. The van der Waals surface area contributed by atoms with Gasteiger partial charge in [-0.1, -0.05) is 17.7 Å². The van der Waals surface area contributed by atoms with Crippen molar-refractivity contribution in [2.45, 2.75) is 6.92 Å². The molecular formula is C19H16N4O3. The van der Waals surface area contributed by atoms with Crippen LogP contribution in [0, 0.1) is 6.92 Å². The average Bonchev–Trinajstić information content (AvgIpc) is 3.12. The number of aromatic nitrogens is 2. The summed E-state index contributed by atoms with van der Waals surface area (Å²) in [5.41, 5.74) is 2.90. The molecule has 0 spiro atoms. The number of nitrogens with one attached hydrogen (secondary N) is 2. The molecule has 0 fully saturated rings. The third kappa shape index (κ3) is 3.41. The molecule has 0 aliphatic carbocycles. The van der Waals surface area contributed by atoms with Gasteiger partial charge in [0.05, 0.1) is 12.4 Å². The lowest BCUT2D eigenvalue weighted by Crippen LogP contribution is -2.14. The van der Waals surface area contributed by atoms with Gasteiger partial charge in [0.15, 0.2) is 11.5 Å². The van der Waals surface area contributed by atoms with Gasteiger partial charge in [0.2, 0.25) is 6.79 Å². The molecule has 0 bridgehead atoms. The minimum Gasteiger partial charge on any atom is -0.454 e. The molecule has 7 heteroatoms. The highest BCUT2D eigenvalue weighted by atomic mass is 16.7. The molecule has 2 N–H and O–H groups in total. The maximum absolute atomic E-state index is 12.3. The van der Waals surface area contributed by atoms with Crippen molar-refractivity contribution in [2.24, 2.45) is 0 Å². The first kappa shape index (κ1) is 15.9. The van der Waals surface area contributed by atoms with E-state index in [9.17, 15) is 4.79 Å². The Labute approximate surface area is 150 Å². The number of carbonyl (C=O) groups excluding carboxylic acids is 1. The molecular weight excluding hydrogens is 332 g/mol. The Kier molecular flexibility index (Phi) is 4.10. The second kappa shape index (κ2) is 6.72. The van der Waals surface area contributed by atoms with Crippen LogP contribution in [0.4, 0.5) is 17.2 Å². The van der Waals surface area contributed by atoms with Crippen LogP contribution < -0.4 is 20.1 Å². The van der Waals surface area contributed by atoms with Crippen LogP contribution >= 0.6 is 0 Å². The lowest BCUT2D eigenvalue weighted by Gasteiger charge is -2.07. The minimum atomic E-state index is -0.349. The van der Waals surface area contributed by atoms with E-state index in [0.29, 0.717) is 23.0 Å². The van der Waals surface area contributed by atoms with Crippen LogP contribution in [0.1, 0.15) is 16.1 Å². The Morgan fingerprint density at radius 3 is 2.50 bits per heavy atom. The van der Waals surface area contributed by atoms with Crippen LogP contribution in [0.5, 0.6) is 11.5 Å². The van der Waals surface area contributed by atoms with Crippen molar-refractivity contribution >= 4 is 23.1 Å². The maximum Gasteiger partial charge on any atom is 0.275 e. The van der Waals surface area contributed by atoms with Gasteiger partial charge < -0.3 is 20.1 Å². The van der Waals surface area contributed by atoms with E-state index in [1.807, 2.05) is 31.2 Å². The van der Waals surface area contributed by atoms with Crippen LogP contribution in [-0.4, -0.2) is 22.7 Å². The molecule has 1 aliphatic rings. The molecule has 0 atom stereocenters. The molecule has 1 aliphatic heterocycles. The van der Waals surface area contributed by atoms with E-state index in [4.69, 9.17) is 9.47 Å². The Morgan fingerprint density at radius 1 is 0.962 bits per heavy atom. The summed E-state index contributed by atoms with van der Waals surface area (Å²) in [6, 6.07) is 13.1. The summed E-state index contributed by atoms with van der Waals surface area (Å²) in [6.07, 6.45) is 2.95. The van der Waals surface area contributed by atoms with Crippen LogP contribution in [-0.2, 0) is 0 Å². The molecule has 0 saturated carbocycles. The van der Waals surface area contributed by atoms with E-state index in [-0.39, 0.29) is 18.4 Å². The summed E-state index contributed by atoms with van der Waals surface area (Å²) >= 11 is 0. The van der Waals surface area contributed by atoms with Gasteiger partial charge in [0.1, 0.15) is 11.5 Å². The summed E-state index contributed by atoms with van der Waals surface area (Å²) in [7, 11) is 0. The van der Waals surface area contributed by atoms with Gasteiger partial charge in [-0.15, -0.1) is 0 Å². The molecule has 0 saturated heterocycles. The summed E-state index contributed by atoms with van der Waals surface area (Å²) in [5.74, 6) is 1.48. The van der Waals surface area contributed by atoms with Crippen molar-refractivity contribution in [1.29, 1.82) is 0 Å². The second-order valence-corrected chi connectivity index (χ2v) is 5.80. The molecule has 1 amide bonds. The van der Waals surface area contributed by atoms with Gasteiger partial charge in [0, 0.05) is 17.4 Å². The number of nitrogens with zero attached hydrogens (tertiary/aromatic N) is 2. The smallest absolute Gasteiger partial charge is 0.275 e. The summed E-state index contributed by atoms with van der Waals surface area (Å²) < 4.78 is 10.5. The number of rotatable bonds is 4. The molecule has 26 heavy (non-hydrogen) atoms. The van der Waals surface area contributed by atoms with Crippen molar-refractivity contribution < 1.29 is 14.3 Å². The lowest BCUT2D eigenvalue weighted by molar-refractivity contribution is 0.102. The molecule has 130 valence electrons.